The molecule has 4 N–H and O–H groups in total. The molecular weight excluding hydrogens is 432 g/mol. The monoisotopic (exact) mass is 451 g/mol. The van der Waals surface area contributed by atoms with Crippen molar-refractivity contribution in [1.82, 2.24) is 19.7 Å². The number of rotatable bonds is 9. The van der Waals surface area contributed by atoms with Crippen LogP contribution in [0.2, 0.25) is 0 Å². The number of halogens is 2. The van der Waals surface area contributed by atoms with E-state index in [9.17, 15) is 23.5 Å². The quantitative estimate of drug-likeness (QED) is 0.395. The van der Waals surface area contributed by atoms with Crippen LogP contribution < -0.4 is 15.4 Å². The Morgan fingerprint density at radius 3 is 2.68 bits per heavy atom. The Balaban J connectivity index is 1.64. The minimum atomic E-state index is -1.38. The Kier molecular flexibility index (Phi) is 7.13. The molecule has 12 heteroatoms. The molecule has 0 spiro atoms. The molecule has 2 aromatic heterocycles. The molecule has 9 nitrogen and oxygen atoms in total. The van der Waals surface area contributed by atoms with Crippen molar-refractivity contribution in [2.24, 2.45) is 0 Å². The molecule has 0 aliphatic heterocycles. The van der Waals surface area contributed by atoms with Gasteiger partial charge in [0.05, 0.1) is 6.33 Å². The van der Waals surface area contributed by atoms with Crippen LogP contribution >= 0.6 is 11.5 Å². The van der Waals surface area contributed by atoms with E-state index in [4.69, 9.17) is 4.74 Å². The lowest BCUT2D eigenvalue weighted by atomic mass is 10.1. The van der Waals surface area contributed by atoms with Crippen molar-refractivity contribution in [2.75, 3.05) is 11.9 Å². The van der Waals surface area contributed by atoms with Crippen LogP contribution in [-0.2, 0) is 19.4 Å². The lowest BCUT2D eigenvalue weighted by Gasteiger charge is -2.09. The first-order valence-corrected chi connectivity index (χ1v) is 10.0. The molecule has 1 aromatic carbocycles. The summed E-state index contributed by atoms with van der Waals surface area (Å²) in [6, 6.07) is 2.19. The predicted octanol–water partition coefficient (Wildman–Crippen LogP) is 3.35. The van der Waals surface area contributed by atoms with Crippen molar-refractivity contribution in [3.05, 3.63) is 58.7 Å². The molecule has 3 rings (SSSR count). The van der Waals surface area contributed by atoms with Crippen molar-refractivity contribution in [3.63, 3.8) is 0 Å². The number of carbonyl (C=O) groups excluding carboxylic acids is 1. The Labute approximate surface area is 179 Å². The molecule has 0 bridgehead atoms. The summed E-state index contributed by atoms with van der Waals surface area (Å²) in [4.78, 5) is 30.5. The summed E-state index contributed by atoms with van der Waals surface area (Å²) in [7, 11) is 0. The van der Waals surface area contributed by atoms with Crippen molar-refractivity contribution in [1.29, 1.82) is 0 Å². The van der Waals surface area contributed by atoms with E-state index in [1.165, 1.54) is 18.5 Å². The number of amides is 2. The molecule has 2 amide bonds. The number of hydrogen-bond acceptors (Lipinski definition) is 6. The molecule has 0 fully saturated rings. The van der Waals surface area contributed by atoms with Crippen molar-refractivity contribution < 1.29 is 28.2 Å². The maximum Gasteiger partial charge on any atom is 0.344 e. The molecule has 164 valence electrons. The molecule has 0 radical (unpaired) electrons. The summed E-state index contributed by atoms with van der Waals surface area (Å²) < 4.78 is 37.3. The van der Waals surface area contributed by atoms with Crippen LogP contribution in [0, 0.1) is 11.6 Å². The fourth-order valence-electron chi connectivity index (χ4n) is 2.69. The number of carboxylic acid groups (broad SMARTS) is 1. The number of aromatic carboxylic acids is 1. The van der Waals surface area contributed by atoms with Crippen LogP contribution in [0.25, 0.3) is 0 Å². The highest BCUT2D eigenvalue weighted by Gasteiger charge is 2.24. The fraction of sp³-hybridized carbons (Fsp3) is 0.263. The molecule has 0 aliphatic rings. The Bertz CT molecular complexity index is 1070. The minimum absolute atomic E-state index is 0.0467. The molecule has 0 atom stereocenters. The summed E-state index contributed by atoms with van der Waals surface area (Å²) in [5, 5.41) is 14.4. The number of hydrogen-bond donors (Lipinski definition) is 4. The molecule has 2 heterocycles. The number of aromatic nitrogens is 3. The second kappa shape index (κ2) is 9.98. The molecule has 31 heavy (non-hydrogen) atoms. The summed E-state index contributed by atoms with van der Waals surface area (Å²) in [5.74, 6) is -3.70. The molecule has 0 saturated heterocycles. The van der Waals surface area contributed by atoms with Gasteiger partial charge in [0.2, 0.25) is 5.88 Å². The third kappa shape index (κ3) is 5.34. The van der Waals surface area contributed by atoms with Crippen LogP contribution in [0.15, 0.2) is 24.7 Å². The third-order valence-corrected chi connectivity index (χ3v) is 5.07. The summed E-state index contributed by atoms with van der Waals surface area (Å²) in [6.07, 6.45) is 3.98. The number of nitrogens with zero attached hydrogens (tertiary/aromatic N) is 2. The maximum absolute atomic E-state index is 14.1. The van der Waals surface area contributed by atoms with Crippen molar-refractivity contribution >= 4 is 28.5 Å². The van der Waals surface area contributed by atoms with Crippen LogP contribution in [-0.4, -0.2) is 38.0 Å². The first kappa shape index (κ1) is 22.2. The predicted molar refractivity (Wildman–Crippen MR) is 108 cm³/mol. The number of benzene rings is 1. The second-order valence-electron chi connectivity index (χ2n) is 6.36. The van der Waals surface area contributed by atoms with Crippen LogP contribution in [0.1, 0.15) is 34.1 Å². The average molecular weight is 451 g/mol. The lowest BCUT2D eigenvalue weighted by Crippen LogP contribution is -2.30. The first-order chi connectivity index (χ1) is 14.9. The van der Waals surface area contributed by atoms with E-state index >= 15 is 0 Å². The SMILES string of the molecule is CCc1ccc(COc2nsc(NC(=O)NCCc3cnc[nH]3)c2C(=O)O)c(F)c1F. The van der Waals surface area contributed by atoms with E-state index in [0.29, 0.717) is 24.4 Å². The topological polar surface area (TPSA) is 129 Å². The van der Waals surface area contributed by atoms with E-state index in [1.54, 1.807) is 13.1 Å². The molecule has 0 aliphatic carbocycles. The number of carboxylic acids is 1. The Morgan fingerprint density at radius 1 is 1.26 bits per heavy atom. The fourth-order valence-corrected chi connectivity index (χ4v) is 3.41. The first-order valence-electron chi connectivity index (χ1n) is 9.24. The standard InChI is InChI=1S/C19H19F2N5O4S/c1-2-10-3-4-11(15(21)14(10)20)8-30-16-13(18(27)28)17(31-26-16)25-19(29)23-6-5-12-7-22-9-24-12/h3-4,7,9H,2,5-6,8H2,1H3,(H,22,24)(H,27,28)(H2,23,25,29). The Hall–Kier alpha value is -3.54. The summed E-state index contributed by atoms with van der Waals surface area (Å²) in [6.45, 7) is 1.56. The van der Waals surface area contributed by atoms with Gasteiger partial charge < -0.3 is 20.1 Å². The normalized spacial score (nSPS) is 10.7. The van der Waals surface area contributed by atoms with E-state index in [0.717, 1.165) is 5.69 Å². The van der Waals surface area contributed by atoms with Gasteiger partial charge in [-0.15, -0.1) is 0 Å². The highest BCUT2D eigenvalue weighted by molar-refractivity contribution is 7.11. The van der Waals surface area contributed by atoms with Gasteiger partial charge in [-0.3, -0.25) is 5.32 Å². The van der Waals surface area contributed by atoms with Gasteiger partial charge in [-0.05, 0) is 23.5 Å². The number of urea groups is 1. The average Bonchev–Trinajstić information content (AvgIpc) is 3.39. The zero-order chi connectivity index (χ0) is 22.4. The van der Waals surface area contributed by atoms with E-state index < -0.39 is 30.2 Å². The molecule has 0 unspecified atom stereocenters. The van der Waals surface area contributed by atoms with Gasteiger partial charge in [0.1, 0.15) is 11.6 Å². The summed E-state index contributed by atoms with van der Waals surface area (Å²) in [5.41, 5.74) is 0.603. The molecule has 3 aromatic rings. The maximum atomic E-state index is 14.1. The van der Waals surface area contributed by atoms with Gasteiger partial charge >= 0.3 is 12.0 Å². The van der Waals surface area contributed by atoms with Gasteiger partial charge in [-0.1, -0.05) is 19.1 Å². The van der Waals surface area contributed by atoms with Crippen molar-refractivity contribution in [3.8, 4) is 5.88 Å². The van der Waals surface area contributed by atoms with Crippen LogP contribution in [0.4, 0.5) is 18.6 Å². The van der Waals surface area contributed by atoms with E-state index in [1.807, 2.05) is 0 Å². The van der Waals surface area contributed by atoms with Crippen LogP contribution in [0.3, 0.4) is 0 Å². The number of aromatic amines is 1. The Morgan fingerprint density at radius 2 is 2.00 bits per heavy atom. The molecular formula is C19H19F2N5O4S. The van der Waals surface area contributed by atoms with E-state index in [2.05, 4.69) is 25.0 Å². The van der Waals surface area contributed by atoms with Crippen molar-refractivity contribution in [2.45, 2.75) is 26.4 Å². The van der Waals surface area contributed by atoms with Gasteiger partial charge in [-0.25, -0.2) is 23.4 Å². The number of carbonyl (C=O) groups is 2. The summed E-state index contributed by atoms with van der Waals surface area (Å²) >= 11 is 0.701. The van der Waals surface area contributed by atoms with Gasteiger partial charge in [-0.2, -0.15) is 4.37 Å². The largest absolute Gasteiger partial charge is 0.477 e. The minimum Gasteiger partial charge on any atom is -0.477 e. The number of anilines is 1. The highest BCUT2D eigenvalue weighted by atomic mass is 32.1. The van der Waals surface area contributed by atoms with Gasteiger partial charge in [0.25, 0.3) is 0 Å². The van der Waals surface area contributed by atoms with Gasteiger partial charge in [0, 0.05) is 30.4 Å². The lowest BCUT2D eigenvalue weighted by molar-refractivity contribution is 0.0693. The van der Waals surface area contributed by atoms with E-state index in [-0.39, 0.29) is 34.1 Å². The molecule has 0 saturated carbocycles. The number of H-pyrrole nitrogens is 1. The highest BCUT2D eigenvalue weighted by Crippen LogP contribution is 2.31. The zero-order valence-electron chi connectivity index (χ0n) is 16.4. The third-order valence-electron chi connectivity index (χ3n) is 4.32. The number of ether oxygens (including phenoxy) is 1. The smallest absolute Gasteiger partial charge is 0.344 e. The number of imidazole rings is 1. The second-order valence-corrected chi connectivity index (χ2v) is 7.13. The zero-order valence-corrected chi connectivity index (χ0v) is 17.2. The number of nitrogens with one attached hydrogen (secondary N) is 3. The van der Waals surface area contributed by atoms with Gasteiger partial charge in [0.15, 0.2) is 17.2 Å². The number of aryl methyl sites for hydroxylation is 1. The van der Waals surface area contributed by atoms with Crippen LogP contribution in [0.5, 0.6) is 5.88 Å².